The Hall–Kier alpha value is -5.73. The van der Waals surface area contributed by atoms with Crippen molar-refractivity contribution in [3.63, 3.8) is 0 Å². The smallest absolute Gasteiger partial charge is 0.305 e. The van der Waals surface area contributed by atoms with Crippen LogP contribution in [0.25, 0.3) is 0 Å². The molecule has 0 aliphatic rings. The van der Waals surface area contributed by atoms with E-state index in [-0.39, 0.29) is 50.7 Å². The zero-order valence-electron chi connectivity index (χ0n) is 27.1. The van der Waals surface area contributed by atoms with Crippen molar-refractivity contribution in [1.82, 2.24) is 4.90 Å². The van der Waals surface area contributed by atoms with Crippen molar-refractivity contribution in [1.29, 1.82) is 0 Å². The van der Waals surface area contributed by atoms with Crippen LogP contribution in [0.5, 0.6) is 5.75 Å². The number of hydrogen-bond donors (Lipinski definition) is 0. The molecule has 48 heavy (non-hydrogen) atoms. The van der Waals surface area contributed by atoms with E-state index in [4.69, 9.17) is 9.47 Å². The molecule has 0 saturated heterocycles. The number of carbonyl (C=O) groups is 3. The molecule has 0 aliphatic carbocycles. The van der Waals surface area contributed by atoms with E-state index >= 15 is 0 Å². The van der Waals surface area contributed by atoms with Gasteiger partial charge in [-0.05, 0) is 68.1 Å². The van der Waals surface area contributed by atoms with Crippen LogP contribution in [0.4, 0.5) is 0 Å². The highest BCUT2D eigenvalue weighted by atomic mass is 17.0. The molecule has 3 aromatic rings. The maximum Gasteiger partial charge on any atom is 0.305 e. The average Bonchev–Trinajstić information content (AvgIpc) is 3.07. The van der Waals surface area contributed by atoms with Gasteiger partial charge in [-0.3, -0.25) is 14.4 Å². The Labute approximate surface area is 277 Å². The second-order valence-corrected chi connectivity index (χ2v) is 10.6. The summed E-state index contributed by atoms with van der Waals surface area (Å²) in [5, 5.41) is 18.5. The molecule has 0 bridgehead atoms. The summed E-state index contributed by atoms with van der Waals surface area (Å²) in [6.45, 7) is 5.87. The number of nitrogens with zero attached hydrogens (tertiary/aromatic N) is 3. The van der Waals surface area contributed by atoms with E-state index in [0.29, 0.717) is 29.8 Å². The summed E-state index contributed by atoms with van der Waals surface area (Å²) in [5.74, 6) is -0.0271. The highest BCUT2D eigenvalue weighted by molar-refractivity contribution is 5.94. The number of amides is 1. The van der Waals surface area contributed by atoms with E-state index in [1.807, 2.05) is 45.0 Å². The van der Waals surface area contributed by atoms with Gasteiger partial charge in [-0.2, -0.15) is 0 Å². The van der Waals surface area contributed by atoms with Crippen molar-refractivity contribution in [2.75, 3.05) is 20.3 Å². The zero-order chi connectivity index (χ0) is 35.5. The molecule has 0 N–H and O–H groups in total. The number of hydrogen-bond acceptors (Lipinski definition) is 12. The van der Waals surface area contributed by atoms with Gasteiger partial charge in [-0.25, -0.2) is 0 Å². The number of aryl methyl sites for hydroxylation is 2. The van der Waals surface area contributed by atoms with Crippen molar-refractivity contribution in [3.8, 4) is 5.75 Å². The van der Waals surface area contributed by atoms with E-state index < -0.39 is 16.3 Å². The number of methoxy groups -OCH3 is 1. The molecule has 0 radical (unpaired) electrons. The first kappa shape index (κ1) is 38.5. The van der Waals surface area contributed by atoms with E-state index in [9.17, 15) is 34.6 Å². The Morgan fingerprint density at radius 1 is 0.833 bits per heavy atom. The second-order valence-electron chi connectivity index (χ2n) is 10.6. The Kier molecular flexibility index (Phi) is 16.3. The van der Waals surface area contributed by atoms with E-state index in [2.05, 4.69) is 14.4 Å². The summed E-state index contributed by atoms with van der Waals surface area (Å²) in [6, 6.07) is 20.6. The van der Waals surface area contributed by atoms with Gasteiger partial charge in [0.15, 0.2) is 6.10 Å². The summed E-state index contributed by atoms with van der Waals surface area (Å²) in [7, 11) is 1.35. The Morgan fingerprint density at radius 2 is 1.35 bits per heavy atom. The lowest BCUT2D eigenvalue weighted by molar-refractivity contribution is -0.763. The van der Waals surface area contributed by atoms with Gasteiger partial charge in [0.2, 0.25) is 0 Å². The number of carbonyl (C=O) groups excluding carboxylic acids is 3. The molecule has 0 heterocycles. The Balaban J connectivity index is 0.000000558. The maximum atomic E-state index is 13.1. The van der Waals surface area contributed by atoms with Crippen LogP contribution in [0, 0.1) is 27.2 Å². The number of benzene rings is 3. The van der Waals surface area contributed by atoms with Gasteiger partial charge in [0.25, 0.3) is 22.6 Å². The predicted molar refractivity (Wildman–Crippen MR) is 171 cm³/mol. The molecule has 258 valence electrons. The van der Waals surface area contributed by atoms with Gasteiger partial charge in [0.05, 0.1) is 13.7 Å². The van der Waals surface area contributed by atoms with Gasteiger partial charge in [0, 0.05) is 18.0 Å². The Morgan fingerprint density at radius 3 is 1.83 bits per heavy atom. The second kappa shape index (κ2) is 20.4. The van der Waals surface area contributed by atoms with Crippen molar-refractivity contribution in [3.05, 3.63) is 121 Å². The summed E-state index contributed by atoms with van der Waals surface area (Å²) in [4.78, 5) is 65.7. The lowest BCUT2D eigenvalue weighted by Gasteiger charge is -2.30. The third kappa shape index (κ3) is 14.6. The predicted octanol–water partition coefficient (Wildman–Crippen LogP) is 4.68. The Bertz CT molecular complexity index is 1460. The summed E-state index contributed by atoms with van der Waals surface area (Å²) in [5.41, 5.74) is 3.80. The fraction of sp³-hybridized carbons (Fsp3) is 0.364. The van der Waals surface area contributed by atoms with Crippen LogP contribution in [-0.2, 0) is 48.4 Å². The molecule has 1 unspecified atom stereocenters. The van der Waals surface area contributed by atoms with Gasteiger partial charge >= 0.3 is 5.97 Å². The maximum absolute atomic E-state index is 13.1. The highest BCUT2D eigenvalue weighted by Gasteiger charge is 2.24. The van der Waals surface area contributed by atoms with E-state index in [1.165, 1.54) is 7.11 Å². The topological polar surface area (TPSA) is 187 Å². The van der Waals surface area contributed by atoms with Gasteiger partial charge in [-0.15, -0.1) is 20.2 Å². The third-order valence-electron chi connectivity index (χ3n) is 6.73. The minimum atomic E-state index is -0.881. The molecule has 15 heteroatoms. The summed E-state index contributed by atoms with van der Waals surface area (Å²) in [6.07, 6.45) is 0.0972. The lowest BCUT2D eigenvalue weighted by atomic mass is 10.1. The number of rotatable bonds is 18. The lowest BCUT2D eigenvalue weighted by Crippen LogP contribution is -2.44. The molecule has 1 amide bonds. The minimum Gasteiger partial charge on any atom is -0.490 e. The standard InChI is InChI=1S/C25H30N2O9.C8H9NO3/c1-18(2)26(25(30)21-9-4-20(5-10-21)15-36-27(31)32)14-23(35-17-28)16-34-22-11-6-19(7-12-22)8-13-24(29)33-3;1-7-2-4-8(5-3-7)6-12-9(10)11/h4-7,9-12,17-18,23H,8,13-16H2,1-3H3;2-5H,6H2,1H3. The molecule has 1 atom stereocenters. The fourth-order valence-electron chi connectivity index (χ4n) is 4.10. The van der Waals surface area contributed by atoms with Gasteiger partial charge < -0.3 is 28.8 Å². The average molecular weight is 670 g/mol. The molecular weight excluding hydrogens is 630 g/mol. The van der Waals surface area contributed by atoms with Crippen LogP contribution >= 0.6 is 0 Å². The van der Waals surface area contributed by atoms with Gasteiger partial charge in [0.1, 0.15) is 25.6 Å². The largest absolute Gasteiger partial charge is 0.490 e. The summed E-state index contributed by atoms with van der Waals surface area (Å²) >= 11 is 0. The fourth-order valence-corrected chi connectivity index (χ4v) is 4.10. The van der Waals surface area contributed by atoms with E-state index in [0.717, 1.165) is 16.7 Å². The summed E-state index contributed by atoms with van der Waals surface area (Å²) < 4.78 is 15.6. The SMILES string of the molecule is COC(=O)CCc1ccc(OCC(CN(C(=O)c2ccc(CO[N+](=O)[O-])cc2)C(C)C)OC=O)cc1.Cc1ccc(CO[N+](=O)[O-])cc1. The van der Waals surface area contributed by atoms with Crippen LogP contribution in [0.15, 0.2) is 72.8 Å². The molecule has 3 rings (SSSR count). The van der Waals surface area contributed by atoms with Crippen LogP contribution < -0.4 is 4.74 Å². The first-order chi connectivity index (χ1) is 22.9. The van der Waals surface area contributed by atoms with Crippen LogP contribution in [-0.4, -0.2) is 65.8 Å². The van der Waals surface area contributed by atoms with Crippen LogP contribution in [0.2, 0.25) is 0 Å². The molecule has 0 aliphatic heterocycles. The first-order valence-corrected chi connectivity index (χ1v) is 14.8. The third-order valence-corrected chi connectivity index (χ3v) is 6.73. The number of ether oxygens (including phenoxy) is 3. The van der Waals surface area contributed by atoms with Crippen molar-refractivity contribution in [2.24, 2.45) is 0 Å². The zero-order valence-corrected chi connectivity index (χ0v) is 27.1. The molecule has 0 saturated carbocycles. The van der Waals surface area contributed by atoms with Crippen LogP contribution in [0.3, 0.4) is 0 Å². The molecule has 0 fully saturated rings. The molecule has 0 spiro atoms. The van der Waals surface area contributed by atoms with Gasteiger partial charge in [-0.1, -0.05) is 54.1 Å². The van der Waals surface area contributed by atoms with Crippen molar-refractivity contribution in [2.45, 2.75) is 59.0 Å². The van der Waals surface area contributed by atoms with Crippen molar-refractivity contribution < 1.29 is 48.4 Å². The first-order valence-electron chi connectivity index (χ1n) is 14.8. The molecule has 15 nitrogen and oxygen atoms in total. The van der Waals surface area contributed by atoms with Crippen LogP contribution in [0.1, 0.15) is 52.9 Å². The number of esters is 1. The molecule has 3 aromatic carbocycles. The molecular formula is C33H39N3O12. The van der Waals surface area contributed by atoms with Crippen molar-refractivity contribution >= 4 is 18.3 Å². The quantitative estimate of drug-likeness (QED) is 0.0789. The highest BCUT2D eigenvalue weighted by Crippen LogP contribution is 2.16. The van der Waals surface area contributed by atoms with E-state index in [1.54, 1.807) is 53.4 Å². The normalized spacial score (nSPS) is 10.9. The molecule has 0 aromatic heterocycles. The monoisotopic (exact) mass is 669 g/mol. The minimum absolute atomic E-state index is 0.0211.